The van der Waals surface area contributed by atoms with Gasteiger partial charge >= 0.3 is 0 Å². The monoisotopic (exact) mass is 325 g/mol. The molecule has 0 aromatic heterocycles. The molecule has 2 aromatic rings. The van der Waals surface area contributed by atoms with E-state index in [0.29, 0.717) is 29.1 Å². The Morgan fingerprint density at radius 3 is 2.29 bits per heavy atom. The molecule has 6 nitrogen and oxygen atoms in total. The number of hydrogen-bond donors (Lipinski definition) is 0. The van der Waals surface area contributed by atoms with E-state index < -0.39 is 4.92 Å². The largest absolute Gasteiger partial charge is 0.493 e. The summed E-state index contributed by atoms with van der Waals surface area (Å²) in [5.41, 5.74) is 2.88. The van der Waals surface area contributed by atoms with Crippen LogP contribution in [0.15, 0.2) is 42.0 Å². The topological polar surface area (TPSA) is 78.7 Å². The quantitative estimate of drug-likeness (QED) is 0.489. The second kappa shape index (κ2) is 6.16. The van der Waals surface area contributed by atoms with E-state index in [2.05, 4.69) is 0 Å². The average molecular weight is 325 g/mol. The smallest absolute Gasteiger partial charge is 0.269 e. The first-order valence-corrected chi connectivity index (χ1v) is 7.28. The number of carbonyl (C=O) groups is 1. The van der Waals surface area contributed by atoms with Crippen LogP contribution in [0.25, 0.3) is 6.08 Å². The second-order valence-electron chi connectivity index (χ2n) is 5.39. The van der Waals surface area contributed by atoms with Crippen molar-refractivity contribution in [2.75, 3.05) is 14.2 Å². The second-order valence-corrected chi connectivity index (χ2v) is 5.39. The fourth-order valence-electron chi connectivity index (χ4n) is 2.75. The lowest BCUT2D eigenvalue weighted by atomic mass is 10.1. The summed E-state index contributed by atoms with van der Waals surface area (Å²) in [6.45, 7) is 0. The molecule has 0 fully saturated rings. The fraction of sp³-hybridized carbons (Fsp3) is 0.167. The molecule has 0 N–H and O–H groups in total. The van der Waals surface area contributed by atoms with Crippen LogP contribution in [-0.4, -0.2) is 24.9 Å². The Morgan fingerprint density at radius 1 is 1.08 bits per heavy atom. The number of ether oxygens (including phenoxy) is 2. The van der Waals surface area contributed by atoms with Crippen LogP contribution in [-0.2, 0) is 6.42 Å². The number of benzene rings is 2. The maximum absolute atomic E-state index is 12.6. The predicted molar refractivity (Wildman–Crippen MR) is 88.7 cm³/mol. The van der Waals surface area contributed by atoms with Crippen LogP contribution in [0.3, 0.4) is 0 Å². The number of rotatable bonds is 4. The van der Waals surface area contributed by atoms with Crippen LogP contribution in [0.5, 0.6) is 11.5 Å². The Kier molecular flexibility index (Phi) is 4.04. The first kappa shape index (κ1) is 15.7. The zero-order valence-electron chi connectivity index (χ0n) is 13.2. The summed E-state index contributed by atoms with van der Waals surface area (Å²) in [6, 6.07) is 9.59. The van der Waals surface area contributed by atoms with Gasteiger partial charge in [0.05, 0.1) is 19.1 Å². The Bertz CT molecular complexity index is 852. The third-order valence-corrected chi connectivity index (χ3v) is 3.97. The summed E-state index contributed by atoms with van der Waals surface area (Å²) in [5, 5.41) is 10.7. The Balaban J connectivity index is 1.94. The lowest BCUT2D eigenvalue weighted by Gasteiger charge is -2.08. The summed E-state index contributed by atoms with van der Waals surface area (Å²) in [6.07, 6.45) is 2.25. The van der Waals surface area contributed by atoms with Gasteiger partial charge in [-0.1, -0.05) is 0 Å². The predicted octanol–water partition coefficient (Wildman–Crippen LogP) is 3.43. The number of nitro benzene ring substituents is 1. The number of ketones is 1. The highest BCUT2D eigenvalue weighted by Gasteiger charge is 2.27. The van der Waals surface area contributed by atoms with E-state index in [4.69, 9.17) is 9.47 Å². The summed E-state index contributed by atoms with van der Waals surface area (Å²) in [5.74, 6) is 1.03. The van der Waals surface area contributed by atoms with Gasteiger partial charge in [0.15, 0.2) is 17.3 Å². The molecular formula is C18H15NO5. The number of carbonyl (C=O) groups excluding carboxylic acids is 1. The third-order valence-electron chi connectivity index (χ3n) is 3.97. The molecule has 0 unspecified atom stereocenters. The van der Waals surface area contributed by atoms with E-state index in [0.717, 1.165) is 11.1 Å². The highest BCUT2D eigenvalue weighted by Crippen LogP contribution is 2.37. The van der Waals surface area contributed by atoms with Crippen molar-refractivity contribution < 1.29 is 19.2 Å². The van der Waals surface area contributed by atoms with Gasteiger partial charge in [-0.05, 0) is 41.5 Å². The molecular weight excluding hydrogens is 310 g/mol. The van der Waals surface area contributed by atoms with Crippen molar-refractivity contribution in [2.24, 2.45) is 0 Å². The van der Waals surface area contributed by atoms with Gasteiger partial charge in [0, 0.05) is 29.7 Å². The molecule has 0 saturated heterocycles. The Labute approximate surface area is 138 Å². The minimum absolute atomic E-state index is 0.0210. The van der Waals surface area contributed by atoms with Crippen molar-refractivity contribution in [3.63, 3.8) is 0 Å². The molecule has 0 atom stereocenters. The molecule has 0 saturated carbocycles. The summed E-state index contributed by atoms with van der Waals surface area (Å²) < 4.78 is 10.5. The minimum Gasteiger partial charge on any atom is -0.493 e. The van der Waals surface area contributed by atoms with Gasteiger partial charge in [0.1, 0.15) is 0 Å². The van der Waals surface area contributed by atoms with Crippen LogP contribution in [0.4, 0.5) is 5.69 Å². The molecule has 0 heterocycles. The van der Waals surface area contributed by atoms with Gasteiger partial charge in [-0.3, -0.25) is 14.9 Å². The van der Waals surface area contributed by atoms with Crippen LogP contribution >= 0.6 is 0 Å². The van der Waals surface area contributed by atoms with Crippen molar-refractivity contribution in [3.8, 4) is 11.5 Å². The molecule has 0 amide bonds. The Morgan fingerprint density at radius 2 is 1.71 bits per heavy atom. The SMILES string of the molecule is COc1cc2c(cc1OC)C(=O)/C(=C\c1ccc([N+](=O)[O-])cc1)C2. The van der Waals surface area contributed by atoms with Crippen LogP contribution in [0, 0.1) is 10.1 Å². The van der Waals surface area contributed by atoms with E-state index in [-0.39, 0.29) is 11.5 Å². The van der Waals surface area contributed by atoms with Gasteiger partial charge in [0.2, 0.25) is 0 Å². The number of allylic oxidation sites excluding steroid dienone is 1. The minimum atomic E-state index is -0.452. The van der Waals surface area contributed by atoms with Gasteiger partial charge in [0.25, 0.3) is 5.69 Å². The number of nitro groups is 1. The first-order chi connectivity index (χ1) is 11.5. The molecule has 6 heteroatoms. The van der Waals surface area contributed by atoms with E-state index in [9.17, 15) is 14.9 Å². The van der Waals surface area contributed by atoms with Crippen LogP contribution < -0.4 is 9.47 Å². The maximum atomic E-state index is 12.6. The highest BCUT2D eigenvalue weighted by molar-refractivity contribution is 6.15. The van der Waals surface area contributed by atoms with Gasteiger partial charge in [-0.25, -0.2) is 0 Å². The van der Waals surface area contributed by atoms with Gasteiger partial charge < -0.3 is 9.47 Å². The van der Waals surface area contributed by atoms with Gasteiger partial charge in [-0.2, -0.15) is 0 Å². The molecule has 1 aliphatic rings. The van der Waals surface area contributed by atoms with Gasteiger partial charge in [-0.15, -0.1) is 0 Å². The van der Waals surface area contributed by atoms with Crippen LogP contribution in [0.2, 0.25) is 0 Å². The first-order valence-electron chi connectivity index (χ1n) is 7.28. The molecule has 122 valence electrons. The summed E-state index contributed by atoms with van der Waals surface area (Å²) >= 11 is 0. The highest BCUT2D eigenvalue weighted by atomic mass is 16.6. The summed E-state index contributed by atoms with van der Waals surface area (Å²) in [4.78, 5) is 22.8. The molecule has 1 aliphatic carbocycles. The van der Waals surface area contributed by atoms with Crippen molar-refractivity contribution in [1.82, 2.24) is 0 Å². The van der Waals surface area contributed by atoms with E-state index in [1.54, 1.807) is 31.4 Å². The number of Topliss-reactive ketones (excluding diaryl/α,β-unsaturated/α-hetero) is 1. The number of nitrogens with zero attached hydrogens (tertiary/aromatic N) is 1. The lowest BCUT2D eigenvalue weighted by molar-refractivity contribution is -0.384. The molecule has 0 spiro atoms. The molecule has 0 radical (unpaired) electrons. The zero-order valence-corrected chi connectivity index (χ0v) is 13.2. The van der Waals surface area contributed by atoms with E-state index in [1.165, 1.54) is 19.2 Å². The maximum Gasteiger partial charge on any atom is 0.269 e. The molecule has 24 heavy (non-hydrogen) atoms. The van der Waals surface area contributed by atoms with Crippen molar-refractivity contribution >= 4 is 17.5 Å². The average Bonchev–Trinajstić information content (AvgIpc) is 2.89. The van der Waals surface area contributed by atoms with E-state index >= 15 is 0 Å². The van der Waals surface area contributed by atoms with Crippen molar-refractivity contribution in [3.05, 3.63) is 68.8 Å². The zero-order chi connectivity index (χ0) is 17.3. The third kappa shape index (κ3) is 2.74. The molecule has 3 rings (SSSR count). The number of hydrogen-bond acceptors (Lipinski definition) is 5. The number of methoxy groups -OCH3 is 2. The van der Waals surface area contributed by atoms with Crippen molar-refractivity contribution in [2.45, 2.75) is 6.42 Å². The summed E-state index contributed by atoms with van der Waals surface area (Å²) in [7, 11) is 3.08. The number of fused-ring (bicyclic) bond motifs is 1. The number of non-ortho nitro benzene ring substituents is 1. The van der Waals surface area contributed by atoms with Crippen LogP contribution in [0.1, 0.15) is 21.5 Å². The van der Waals surface area contributed by atoms with Crippen molar-refractivity contribution in [1.29, 1.82) is 0 Å². The molecule has 2 aromatic carbocycles. The standard InChI is InChI=1S/C18H15NO5/c1-23-16-9-12-8-13(18(20)15(12)10-17(16)24-2)7-11-3-5-14(6-4-11)19(21)22/h3-7,9-10H,8H2,1-2H3/b13-7-. The normalized spacial score (nSPS) is 14.6. The van der Waals surface area contributed by atoms with E-state index in [1.807, 2.05) is 6.07 Å². The lowest BCUT2D eigenvalue weighted by Crippen LogP contribution is -1.97. The molecule has 0 aliphatic heterocycles. The fourth-order valence-corrected chi connectivity index (χ4v) is 2.75. The molecule has 0 bridgehead atoms. The Hall–Kier alpha value is -3.15.